The molecule has 0 aromatic heterocycles. The van der Waals surface area contributed by atoms with Gasteiger partial charge >= 0.3 is 0 Å². The SMILES string of the molecule is CC(=NO)c1cc(C)ccc1OC1CCOC1. The second-order valence-electron chi connectivity index (χ2n) is 4.29. The van der Waals surface area contributed by atoms with Gasteiger partial charge in [0.25, 0.3) is 0 Å². The number of rotatable bonds is 3. The van der Waals surface area contributed by atoms with Crippen molar-refractivity contribution in [2.75, 3.05) is 13.2 Å². The number of nitrogens with zero attached hydrogens (tertiary/aromatic N) is 1. The van der Waals surface area contributed by atoms with E-state index >= 15 is 0 Å². The van der Waals surface area contributed by atoms with E-state index in [1.54, 1.807) is 6.92 Å². The molecule has 2 rings (SSSR count). The summed E-state index contributed by atoms with van der Waals surface area (Å²) < 4.78 is 11.1. The fourth-order valence-electron chi connectivity index (χ4n) is 1.87. The molecule has 0 saturated carbocycles. The Morgan fingerprint density at radius 3 is 3.00 bits per heavy atom. The fraction of sp³-hybridized carbons (Fsp3) is 0.462. The van der Waals surface area contributed by atoms with Crippen molar-refractivity contribution in [3.05, 3.63) is 29.3 Å². The van der Waals surface area contributed by atoms with Gasteiger partial charge in [0, 0.05) is 12.0 Å². The van der Waals surface area contributed by atoms with E-state index in [9.17, 15) is 0 Å². The highest BCUT2D eigenvalue weighted by Crippen LogP contribution is 2.24. The maximum Gasteiger partial charge on any atom is 0.129 e. The van der Waals surface area contributed by atoms with Gasteiger partial charge in [-0.05, 0) is 26.0 Å². The number of benzene rings is 1. The van der Waals surface area contributed by atoms with Gasteiger partial charge < -0.3 is 14.7 Å². The largest absolute Gasteiger partial charge is 0.487 e. The van der Waals surface area contributed by atoms with Crippen molar-refractivity contribution in [3.8, 4) is 5.75 Å². The van der Waals surface area contributed by atoms with Crippen molar-refractivity contribution >= 4 is 5.71 Å². The molecular formula is C13H17NO3. The molecular weight excluding hydrogens is 218 g/mol. The van der Waals surface area contributed by atoms with Crippen LogP contribution in [0, 0.1) is 6.92 Å². The van der Waals surface area contributed by atoms with Crippen LogP contribution in [0.2, 0.25) is 0 Å². The highest BCUT2D eigenvalue weighted by molar-refractivity contribution is 6.00. The van der Waals surface area contributed by atoms with E-state index < -0.39 is 0 Å². The van der Waals surface area contributed by atoms with Crippen molar-refractivity contribution in [2.45, 2.75) is 26.4 Å². The third kappa shape index (κ3) is 2.77. The molecule has 0 aliphatic carbocycles. The van der Waals surface area contributed by atoms with Crippen LogP contribution < -0.4 is 4.74 Å². The first-order valence-electron chi connectivity index (χ1n) is 5.75. The molecule has 1 N–H and O–H groups in total. The Hall–Kier alpha value is -1.55. The van der Waals surface area contributed by atoms with E-state index in [1.165, 1.54) is 0 Å². The average molecular weight is 235 g/mol. The Kier molecular flexibility index (Phi) is 3.64. The smallest absolute Gasteiger partial charge is 0.129 e. The van der Waals surface area contributed by atoms with Gasteiger partial charge in [-0.25, -0.2) is 0 Å². The van der Waals surface area contributed by atoms with Gasteiger partial charge in [0.2, 0.25) is 0 Å². The predicted molar refractivity (Wildman–Crippen MR) is 65.0 cm³/mol. The summed E-state index contributed by atoms with van der Waals surface area (Å²) >= 11 is 0. The topological polar surface area (TPSA) is 51.1 Å². The first-order chi connectivity index (χ1) is 8.20. The Morgan fingerprint density at radius 2 is 2.35 bits per heavy atom. The highest BCUT2D eigenvalue weighted by atomic mass is 16.5. The Labute approximate surface area is 101 Å². The molecule has 0 amide bonds. The van der Waals surface area contributed by atoms with Crippen LogP contribution in [0.3, 0.4) is 0 Å². The Balaban J connectivity index is 2.25. The van der Waals surface area contributed by atoms with Crippen molar-refractivity contribution in [1.82, 2.24) is 0 Å². The molecule has 1 heterocycles. The van der Waals surface area contributed by atoms with Crippen molar-refractivity contribution < 1.29 is 14.7 Å². The van der Waals surface area contributed by atoms with Gasteiger partial charge in [0.05, 0.1) is 18.9 Å². The average Bonchev–Trinajstić information content (AvgIpc) is 2.83. The molecule has 1 aromatic rings. The number of hydrogen-bond acceptors (Lipinski definition) is 4. The molecule has 1 aliphatic heterocycles. The van der Waals surface area contributed by atoms with Gasteiger partial charge in [-0.1, -0.05) is 16.8 Å². The molecule has 4 nitrogen and oxygen atoms in total. The van der Waals surface area contributed by atoms with Crippen LogP contribution in [0.1, 0.15) is 24.5 Å². The maximum atomic E-state index is 8.87. The maximum absolute atomic E-state index is 8.87. The van der Waals surface area contributed by atoms with E-state index in [1.807, 2.05) is 25.1 Å². The zero-order valence-electron chi connectivity index (χ0n) is 10.1. The molecule has 1 aliphatic rings. The van der Waals surface area contributed by atoms with Crippen LogP contribution in [0.4, 0.5) is 0 Å². The zero-order valence-corrected chi connectivity index (χ0v) is 10.1. The van der Waals surface area contributed by atoms with Gasteiger partial charge in [-0.15, -0.1) is 0 Å². The van der Waals surface area contributed by atoms with Crippen LogP contribution in [0.15, 0.2) is 23.4 Å². The molecule has 1 aromatic carbocycles. The van der Waals surface area contributed by atoms with E-state index in [0.29, 0.717) is 12.3 Å². The zero-order chi connectivity index (χ0) is 12.3. The van der Waals surface area contributed by atoms with E-state index in [4.69, 9.17) is 14.7 Å². The van der Waals surface area contributed by atoms with Gasteiger partial charge in [0.1, 0.15) is 11.9 Å². The highest BCUT2D eigenvalue weighted by Gasteiger charge is 2.19. The van der Waals surface area contributed by atoms with Gasteiger partial charge in [-0.3, -0.25) is 0 Å². The minimum Gasteiger partial charge on any atom is -0.487 e. The van der Waals surface area contributed by atoms with Gasteiger partial charge in [0.15, 0.2) is 0 Å². The molecule has 1 saturated heterocycles. The molecule has 1 unspecified atom stereocenters. The van der Waals surface area contributed by atoms with Crippen LogP contribution in [0.5, 0.6) is 5.75 Å². The first kappa shape index (κ1) is 11.9. The van der Waals surface area contributed by atoms with Crippen LogP contribution >= 0.6 is 0 Å². The molecule has 92 valence electrons. The lowest BCUT2D eigenvalue weighted by molar-refractivity contribution is 0.141. The summed E-state index contributed by atoms with van der Waals surface area (Å²) in [6.45, 7) is 5.13. The predicted octanol–water partition coefficient (Wildman–Crippen LogP) is 2.36. The summed E-state index contributed by atoms with van der Waals surface area (Å²) in [5.41, 5.74) is 2.50. The minimum atomic E-state index is 0.1000. The quantitative estimate of drug-likeness (QED) is 0.497. The number of oxime groups is 1. The molecule has 1 atom stereocenters. The third-order valence-corrected chi connectivity index (χ3v) is 2.86. The third-order valence-electron chi connectivity index (χ3n) is 2.86. The van der Waals surface area contributed by atoms with Gasteiger partial charge in [-0.2, -0.15) is 0 Å². The normalized spacial score (nSPS) is 20.6. The Bertz CT molecular complexity index is 423. The molecule has 0 spiro atoms. The lowest BCUT2D eigenvalue weighted by Crippen LogP contribution is -2.17. The second-order valence-corrected chi connectivity index (χ2v) is 4.29. The number of aryl methyl sites for hydroxylation is 1. The van der Waals surface area contributed by atoms with Crippen molar-refractivity contribution in [3.63, 3.8) is 0 Å². The lowest BCUT2D eigenvalue weighted by Gasteiger charge is -2.15. The molecule has 17 heavy (non-hydrogen) atoms. The summed E-state index contributed by atoms with van der Waals surface area (Å²) in [5.74, 6) is 0.751. The standard InChI is InChI=1S/C13H17NO3/c1-9-3-4-13(12(7-9)10(2)14-15)17-11-5-6-16-8-11/h3-4,7,11,15H,5-6,8H2,1-2H3. The second kappa shape index (κ2) is 5.19. The van der Waals surface area contributed by atoms with Crippen LogP contribution in [0.25, 0.3) is 0 Å². The number of hydrogen-bond donors (Lipinski definition) is 1. The lowest BCUT2D eigenvalue weighted by atomic mass is 10.1. The summed E-state index contributed by atoms with van der Waals surface area (Å²) in [7, 11) is 0. The van der Waals surface area contributed by atoms with E-state index in [-0.39, 0.29) is 6.10 Å². The number of ether oxygens (including phenoxy) is 2. The summed E-state index contributed by atoms with van der Waals surface area (Å²) in [4.78, 5) is 0. The van der Waals surface area contributed by atoms with Crippen molar-refractivity contribution in [2.24, 2.45) is 5.16 Å². The van der Waals surface area contributed by atoms with Crippen molar-refractivity contribution in [1.29, 1.82) is 0 Å². The fourth-order valence-corrected chi connectivity index (χ4v) is 1.87. The van der Waals surface area contributed by atoms with Crippen LogP contribution in [-0.2, 0) is 4.74 Å². The minimum absolute atomic E-state index is 0.1000. The van der Waals surface area contributed by atoms with E-state index in [2.05, 4.69) is 5.16 Å². The summed E-state index contributed by atoms with van der Waals surface area (Å²) in [6.07, 6.45) is 1.01. The summed E-state index contributed by atoms with van der Waals surface area (Å²) in [5, 5.41) is 12.1. The summed E-state index contributed by atoms with van der Waals surface area (Å²) in [6, 6.07) is 5.86. The van der Waals surface area contributed by atoms with Crippen LogP contribution in [-0.4, -0.2) is 30.2 Å². The van der Waals surface area contributed by atoms with E-state index in [0.717, 1.165) is 29.9 Å². The molecule has 1 fully saturated rings. The molecule has 0 bridgehead atoms. The Morgan fingerprint density at radius 1 is 1.53 bits per heavy atom. The molecule has 0 radical (unpaired) electrons. The molecule has 4 heteroatoms. The monoisotopic (exact) mass is 235 g/mol. The first-order valence-corrected chi connectivity index (χ1v) is 5.75.